The SMILES string of the molecule is Cc1noc(C)c1CCC(=O)N1CCC[C@H](NS(C)(=O)=O)C1. The Morgan fingerprint density at radius 3 is 2.77 bits per heavy atom. The molecular weight excluding hydrogens is 306 g/mol. The first-order chi connectivity index (χ1) is 10.3. The zero-order valence-corrected chi connectivity index (χ0v) is 14.1. The molecule has 1 aromatic rings. The number of nitrogens with zero attached hydrogens (tertiary/aromatic N) is 2. The Morgan fingerprint density at radius 2 is 2.18 bits per heavy atom. The van der Waals surface area contributed by atoms with Crippen LogP contribution in [0.3, 0.4) is 0 Å². The summed E-state index contributed by atoms with van der Waals surface area (Å²) >= 11 is 0. The minimum Gasteiger partial charge on any atom is -0.361 e. The predicted molar refractivity (Wildman–Crippen MR) is 81.9 cm³/mol. The van der Waals surface area contributed by atoms with Crippen LogP contribution in [0.2, 0.25) is 0 Å². The van der Waals surface area contributed by atoms with Crippen molar-refractivity contribution in [3.05, 3.63) is 17.0 Å². The van der Waals surface area contributed by atoms with Crippen molar-refractivity contribution in [3.8, 4) is 0 Å². The summed E-state index contributed by atoms with van der Waals surface area (Å²) < 4.78 is 30.3. The van der Waals surface area contributed by atoms with Gasteiger partial charge in [-0.1, -0.05) is 5.16 Å². The van der Waals surface area contributed by atoms with Crippen molar-refractivity contribution in [2.45, 2.75) is 45.6 Å². The molecule has 22 heavy (non-hydrogen) atoms. The average Bonchev–Trinajstić information content (AvgIpc) is 2.74. The van der Waals surface area contributed by atoms with E-state index in [1.165, 1.54) is 0 Å². The number of sulfonamides is 1. The predicted octanol–water partition coefficient (Wildman–Crippen LogP) is 0.764. The highest BCUT2D eigenvalue weighted by Crippen LogP contribution is 2.17. The first kappa shape index (κ1) is 17.0. The van der Waals surface area contributed by atoms with Gasteiger partial charge in [0.1, 0.15) is 5.76 Å². The lowest BCUT2D eigenvalue weighted by Gasteiger charge is -2.32. The van der Waals surface area contributed by atoms with Crippen LogP contribution in [0.4, 0.5) is 0 Å². The number of piperidine rings is 1. The number of amides is 1. The van der Waals surface area contributed by atoms with E-state index in [0.29, 0.717) is 25.9 Å². The molecule has 1 aromatic heterocycles. The van der Waals surface area contributed by atoms with Crippen LogP contribution in [-0.4, -0.2) is 49.8 Å². The summed E-state index contributed by atoms with van der Waals surface area (Å²) in [5.41, 5.74) is 1.80. The zero-order chi connectivity index (χ0) is 16.3. The molecular formula is C14H23N3O4S. The third kappa shape index (κ3) is 4.54. The van der Waals surface area contributed by atoms with Crippen LogP contribution in [0, 0.1) is 13.8 Å². The van der Waals surface area contributed by atoms with E-state index in [1.807, 2.05) is 13.8 Å². The number of likely N-dealkylation sites (tertiary alicyclic amines) is 1. The van der Waals surface area contributed by atoms with Gasteiger partial charge < -0.3 is 9.42 Å². The highest BCUT2D eigenvalue weighted by atomic mass is 32.2. The highest BCUT2D eigenvalue weighted by Gasteiger charge is 2.25. The number of nitrogens with one attached hydrogen (secondary N) is 1. The molecule has 8 heteroatoms. The molecule has 2 heterocycles. The first-order valence-corrected chi connectivity index (χ1v) is 9.32. The van der Waals surface area contributed by atoms with Gasteiger partial charge in [0.05, 0.1) is 11.9 Å². The normalized spacial score (nSPS) is 19.4. The van der Waals surface area contributed by atoms with E-state index in [4.69, 9.17) is 4.52 Å². The molecule has 0 aliphatic carbocycles. The summed E-state index contributed by atoms with van der Waals surface area (Å²) in [5.74, 6) is 0.792. The number of hydrogen-bond donors (Lipinski definition) is 1. The first-order valence-electron chi connectivity index (χ1n) is 7.43. The van der Waals surface area contributed by atoms with Gasteiger partial charge in [-0.25, -0.2) is 13.1 Å². The average molecular weight is 329 g/mol. The number of aromatic nitrogens is 1. The van der Waals surface area contributed by atoms with Crippen LogP contribution in [0.25, 0.3) is 0 Å². The maximum absolute atomic E-state index is 12.3. The van der Waals surface area contributed by atoms with Crippen LogP contribution in [0.5, 0.6) is 0 Å². The van der Waals surface area contributed by atoms with Crippen LogP contribution in [0.1, 0.15) is 36.3 Å². The van der Waals surface area contributed by atoms with Crippen LogP contribution in [0.15, 0.2) is 4.52 Å². The number of aryl methyl sites for hydroxylation is 2. The Morgan fingerprint density at radius 1 is 1.45 bits per heavy atom. The monoisotopic (exact) mass is 329 g/mol. The molecule has 0 bridgehead atoms. The van der Waals surface area contributed by atoms with Crippen LogP contribution < -0.4 is 4.72 Å². The van der Waals surface area contributed by atoms with Gasteiger partial charge in [-0.2, -0.15) is 0 Å². The van der Waals surface area contributed by atoms with Gasteiger partial charge in [0.2, 0.25) is 15.9 Å². The second kappa shape index (κ2) is 6.78. The van der Waals surface area contributed by atoms with Gasteiger partial charge in [0, 0.05) is 31.1 Å². The quantitative estimate of drug-likeness (QED) is 0.861. The van der Waals surface area contributed by atoms with E-state index in [2.05, 4.69) is 9.88 Å². The second-order valence-electron chi connectivity index (χ2n) is 5.87. The Balaban J connectivity index is 1.89. The number of hydrogen-bond acceptors (Lipinski definition) is 5. The maximum atomic E-state index is 12.3. The topological polar surface area (TPSA) is 92.5 Å². The summed E-state index contributed by atoms with van der Waals surface area (Å²) in [6, 6.07) is -0.188. The number of rotatable bonds is 5. The molecule has 0 aromatic carbocycles. The number of carbonyl (C=O) groups is 1. The van der Waals surface area contributed by atoms with Crippen molar-refractivity contribution in [1.29, 1.82) is 0 Å². The standard InChI is InChI=1S/C14H23N3O4S/c1-10-13(11(2)21-15-10)6-7-14(18)17-8-4-5-12(9-17)16-22(3,19)20/h12,16H,4-9H2,1-3H3/t12-/m0/s1. The van der Waals surface area contributed by atoms with Crippen molar-refractivity contribution in [3.63, 3.8) is 0 Å². The molecule has 1 saturated heterocycles. The Hall–Kier alpha value is -1.41. The zero-order valence-electron chi connectivity index (χ0n) is 13.3. The smallest absolute Gasteiger partial charge is 0.222 e. The minimum atomic E-state index is -3.24. The molecule has 2 rings (SSSR count). The fraction of sp³-hybridized carbons (Fsp3) is 0.714. The van der Waals surface area contributed by atoms with E-state index in [-0.39, 0.29) is 11.9 Å². The molecule has 7 nitrogen and oxygen atoms in total. The molecule has 1 fully saturated rings. The van der Waals surface area contributed by atoms with Gasteiger partial charge in [0.15, 0.2) is 0 Å². The molecule has 1 atom stereocenters. The lowest BCUT2D eigenvalue weighted by Crippen LogP contribution is -2.49. The van der Waals surface area contributed by atoms with Gasteiger partial charge in [0.25, 0.3) is 0 Å². The van der Waals surface area contributed by atoms with Gasteiger partial charge in [-0.3, -0.25) is 4.79 Å². The number of carbonyl (C=O) groups excluding carboxylic acids is 1. The van der Waals surface area contributed by atoms with E-state index in [9.17, 15) is 13.2 Å². The molecule has 1 amide bonds. The van der Waals surface area contributed by atoms with Crippen molar-refractivity contribution in [2.75, 3.05) is 19.3 Å². The van der Waals surface area contributed by atoms with E-state index < -0.39 is 10.0 Å². The van der Waals surface area contributed by atoms with Gasteiger partial charge in [-0.15, -0.1) is 0 Å². The Labute approximate surface area is 131 Å². The summed E-state index contributed by atoms with van der Waals surface area (Å²) in [6.45, 7) is 4.83. The summed E-state index contributed by atoms with van der Waals surface area (Å²) in [4.78, 5) is 14.1. The summed E-state index contributed by atoms with van der Waals surface area (Å²) in [7, 11) is -3.24. The van der Waals surface area contributed by atoms with Crippen LogP contribution >= 0.6 is 0 Å². The van der Waals surface area contributed by atoms with Gasteiger partial charge in [-0.05, 0) is 33.1 Å². The molecule has 124 valence electrons. The highest BCUT2D eigenvalue weighted by molar-refractivity contribution is 7.88. The van der Waals surface area contributed by atoms with Crippen molar-refractivity contribution < 1.29 is 17.7 Å². The maximum Gasteiger partial charge on any atom is 0.222 e. The third-order valence-electron chi connectivity index (χ3n) is 3.92. The molecule has 0 unspecified atom stereocenters. The molecule has 0 spiro atoms. The second-order valence-corrected chi connectivity index (χ2v) is 7.65. The lowest BCUT2D eigenvalue weighted by molar-refractivity contribution is -0.132. The molecule has 1 aliphatic rings. The van der Waals surface area contributed by atoms with Crippen molar-refractivity contribution >= 4 is 15.9 Å². The van der Waals surface area contributed by atoms with Crippen molar-refractivity contribution in [2.24, 2.45) is 0 Å². The molecule has 0 saturated carbocycles. The minimum absolute atomic E-state index is 0.0417. The van der Waals surface area contributed by atoms with E-state index >= 15 is 0 Å². The Kier molecular flexibility index (Phi) is 5.23. The van der Waals surface area contributed by atoms with Crippen LogP contribution in [-0.2, 0) is 21.2 Å². The molecule has 0 radical (unpaired) electrons. The fourth-order valence-electron chi connectivity index (χ4n) is 2.85. The largest absolute Gasteiger partial charge is 0.361 e. The van der Waals surface area contributed by atoms with Crippen molar-refractivity contribution in [1.82, 2.24) is 14.8 Å². The Bertz CT molecular complexity index is 619. The van der Waals surface area contributed by atoms with E-state index in [1.54, 1.807) is 4.90 Å². The summed E-state index contributed by atoms with van der Waals surface area (Å²) in [6.07, 6.45) is 3.70. The third-order valence-corrected chi connectivity index (χ3v) is 4.69. The fourth-order valence-corrected chi connectivity index (χ4v) is 3.65. The van der Waals surface area contributed by atoms with Gasteiger partial charge >= 0.3 is 0 Å². The van der Waals surface area contributed by atoms with E-state index in [0.717, 1.165) is 36.1 Å². The summed E-state index contributed by atoms with van der Waals surface area (Å²) in [5, 5.41) is 3.88. The lowest BCUT2D eigenvalue weighted by atomic mass is 10.0. The molecule has 1 N–H and O–H groups in total. The molecule has 1 aliphatic heterocycles.